The third-order valence-electron chi connectivity index (χ3n) is 1.38. The summed E-state index contributed by atoms with van der Waals surface area (Å²) in [6, 6.07) is 9.42. The highest BCUT2D eigenvalue weighted by Gasteiger charge is 1.97. The van der Waals surface area contributed by atoms with Crippen LogP contribution in [0.25, 0.3) is 0 Å². The lowest BCUT2D eigenvalue weighted by Gasteiger charge is -1.93. The van der Waals surface area contributed by atoms with Crippen molar-refractivity contribution in [1.29, 1.82) is 5.41 Å². The van der Waals surface area contributed by atoms with Crippen LogP contribution >= 0.6 is 0 Å². The van der Waals surface area contributed by atoms with Crippen LogP contribution in [0.5, 0.6) is 0 Å². The first-order chi connectivity index (χ1) is 5.33. The Bertz CT molecular complexity index is 254. The molecule has 0 saturated heterocycles. The molecule has 0 radical (unpaired) electrons. The number of rotatable bonds is 3. The number of nitrogens with one attached hydrogen (secondary N) is 1. The van der Waals surface area contributed by atoms with Gasteiger partial charge in [-0.25, -0.2) is 0 Å². The quantitative estimate of drug-likeness (QED) is 0.646. The first kappa shape index (κ1) is 7.66. The Kier molecular flexibility index (Phi) is 2.55. The summed E-state index contributed by atoms with van der Waals surface area (Å²) in [6.07, 6.45) is 1.19. The van der Waals surface area contributed by atoms with E-state index in [4.69, 9.17) is 5.41 Å². The second-order valence-corrected chi connectivity index (χ2v) is 2.27. The minimum atomic E-state index is -0.156. The van der Waals surface area contributed by atoms with Crippen LogP contribution in [-0.2, 0) is 11.2 Å². The molecule has 1 aromatic carbocycles. The van der Waals surface area contributed by atoms with E-state index >= 15 is 0 Å². The van der Waals surface area contributed by atoms with E-state index < -0.39 is 0 Å². The van der Waals surface area contributed by atoms with E-state index in [-0.39, 0.29) is 5.78 Å². The van der Waals surface area contributed by atoms with Gasteiger partial charge in [0.25, 0.3) is 0 Å². The molecule has 0 aromatic heterocycles. The standard InChI is InChI=1S/C9H9NO/c10-7-9(11)6-8-4-2-1-3-5-8/h1-5,7,10H,6H2. The van der Waals surface area contributed by atoms with E-state index in [1.807, 2.05) is 30.3 Å². The topological polar surface area (TPSA) is 40.9 Å². The van der Waals surface area contributed by atoms with Gasteiger partial charge in [0.2, 0.25) is 0 Å². The molecule has 0 heterocycles. The van der Waals surface area contributed by atoms with Gasteiger partial charge in [-0.15, -0.1) is 0 Å². The predicted molar refractivity (Wildman–Crippen MR) is 43.9 cm³/mol. The van der Waals surface area contributed by atoms with Crippen molar-refractivity contribution in [2.45, 2.75) is 6.42 Å². The fraction of sp³-hybridized carbons (Fsp3) is 0.111. The van der Waals surface area contributed by atoms with Gasteiger partial charge in [-0.3, -0.25) is 4.79 Å². The molecule has 2 nitrogen and oxygen atoms in total. The molecule has 0 aliphatic heterocycles. The first-order valence-electron chi connectivity index (χ1n) is 3.40. The number of carbonyl (C=O) groups is 1. The van der Waals surface area contributed by atoms with Gasteiger partial charge < -0.3 is 5.41 Å². The second-order valence-electron chi connectivity index (χ2n) is 2.27. The van der Waals surface area contributed by atoms with Gasteiger partial charge in [0.05, 0.1) is 6.21 Å². The molecule has 0 saturated carbocycles. The molecule has 0 aliphatic rings. The molecular formula is C9H9NO. The molecule has 1 aromatic rings. The Morgan fingerprint density at radius 1 is 1.36 bits per heavy atom. The molecular weight excluding hydrogens is 138 g/mol. The highest BCUT2D eigenvalue weighted by atomic mass is 16.1. The average Bonchev–Trinajstić information content (AvgIpc) is 2.06. The van der Waals surface area contributed by atoms with Gasteiger partial charge in [0, 0.05) is 6.42 Å². The van der Waals surface area contributed by atoms with E-state index in [1.165, 1.54) is 0 Å². The molecule has 0 atom stereocenters. The SMILES string of the molecule is N=CC(=O)Cc1ccccc1. The predicted octanol–water partition coefficient (Wildman–Crippen LogP) is 1.45. The third kappa shape index (κ3) is 2.34. The lowest BCUT2D eigenvalue weighted by Crippen LogP contribution is -2.02. The Hall–Kier alpha value is -1.44. The minimum Gasteiger partial charge on any atom is -0.305 e. The fourth-order valence-corrected chi connectivity index (χ4v) is 0.848. The number of hydrogen-bond donors (Lipinski definition) is 1. The summed E-state index contributed by atoms with van der Waals surface area (Å²) in [5, 5.41) is 6.68. The van der Waals surface area contributed by atoms with Crippen LogP contribution in [0.3, 0.4) is 0 Å². The maximum absolute atomic E-state index is 10.7. The highest BCUT2D eigenvalue weighted by molar-refractivity contribution is 6.26. The second kappa shape index (κ2) is 3.66. The van der Waals surface area contributed by atoms with E-state index in [2.05, 4.69) is 0 Å². The third-order valence-corrected chi connectivity index (χ3v) is 1.38. The van der Waals surface area contributed by atoms with Crippen LogP contribution in [0, 0.1) is 5.41 Å². The Morgan fingerprint density at radius 2 is 2.00 bits per heavy atom. The maximum Gasteiger partial charge on any atom is 0.177 e. The van der Waals surface area contributed by atoms with Crippen molar-refractivity contribution >= 4 is 12.0 Å². The summed E-state index contributed by atoms with van der Waals surface area (Å²) < 4.78 is 0. The van der Waals surface area contributed by atoms with E-state index in [1.54, 1.807) is 0 Å². The van der Waals surface area contributed by atoms with Gasteiger partial charge in [0.15, 0.2) is 5.78 Å². The van der Waals surface area contributed by atoms with Crippen LogP contribution in [0.15, 0.2) is 30.3 Å². The molecule has 56 valence electrons. The molecule has 11 heavy (non-hydrogen) atoms. The maximum atomic E-state index is 10.7. The minimum absolute atomic E-state index is 0.156. The summed E-state index contributed by atoms with van der Waals surface area (Å²) in [6.45, 7) is 0. The Labute approximate surface area is 65.4 Å². The van der Waals surface area contributed by atoms with Gasteiger partial charge in [-0.05, 0) is 5.56 Å². The molecule has 2 heteroatoms. The molecule has 1 rings (SSSR count). The lowest BCUT2D eigenvalue weighted by molar-refractivity contribution is -0.112. The van der Waals surface area contributed by atoms with Crippen LogP contribution in [0.2, 0.25) is 0 Å². The van der Waals surface area contributed by atoms with Crippen molar-refractivity contribution in [3.8, 4) is 0 Å². The van der Waals surface area contributed by atoms with Gasteiger partial charge in [-0.2, -0.15) is 0 Å². The molecule has 0 amide bonds. The zero-order chi connectivity index (χ0) is 8.10. The Morgan fingerprint density at radius 3 is 2.55 bits per heavy atom. The van der Waals surface area contributed by atoms with Crippen molar-refractivity contribution in [3.05, 3.63) is 35.9 Å². The zero-order valence-corrected chi connectivity index (χ0v) is 6.08. The average molecular weight is 147 g/mol. The fourth-order valence-electron chi connectivity index (χ4n) is 0.848. The monoisotopic (exact) mass is 147 g/mol. The van der Waals surface area contributed by atoms with Crippen LogP contribution in [-0.4, -0.2) is 12.0 Å². The molecule has 0 fully saturated rings. The summed E-state index contributed by atoms with van der Waals surface area (Å²) in [5.41, 5.74) is 0.959. The van der Waals surface area contributed by atoms with Gasteiger partial charge in [-0.1, -0.05) is 30.3 Å². The van der Waals surface area contributed by atoms with Crippen molar-refractivity contribution in [1.82, 2.24) is 0 Å². The summed E-state index contributed by atoms with van der Waals surface area (Å²) in [5.74, 6) is -0.156. The molecule has 0 bridgehead atoms. The molecule has 0 spiro atoms. The van der Waals surface area contributed by atoms with Gasteiger partial charge >= 0.3 is 0 Å². The van der Waals surface area contributed by atoms with Crippen LogP contribution in [0.1, 0.15) is 5.56 Å². The summed E-state index contributed by atoms with van der Waals surface area (Å²) >= 11 is 0. The summed E-state index contributed by atoms with van der Waals surface area (Å²) in [7, 11) is 0. The molecule has 0 unspecified atom stereocenters. The number of Topliss-reactive ketones (excluding diaryl/α,β-unsaturated/α-hetero) is 1. The number of benzene rings is 1. The highest BCUT2D eigenvalue weighted by Crippen LogP contribution is 1.98. The van der Waals surface area contributed by atoms with Crippen molar-refractivity contribution in [2.75, 3.05) is 0 Å². The largest absolute Gasteiger partial charge is 0.305 e. The molecule has 1 N–H and O–H groups in total. The first-order valence-corrected chi connectivity index (χ1v) is 3.40. The number of hydrogen-bond acceptors (Lipinski definition) is 2. The number of ketones is 1. The van der Waals surface area contributed by atoms with Crippen molar-refractivity contribution in [2.24, 2.45) is 0 Å². The number of carbonyl (C=O) groups excluding carboxylic acids is 1. The normalized spacial score (nSPS) is 9.09. The van der Waals surface area contributed by atoms with E-state index in [0.29, 0.717) is 6.42 Å². The van der Waals surface area contributed by atoms with Crippen molar-refractivity contribution < 1.29 is 4.79 Å². The summed E-state index contributed by atoms with van der Waals surface area (Å²) in [4.78, 5) is 10.7. The molecule has 0 aliphatic carbocycles. The van der Waals surface area contributed by atoms with E-state index in [0.717, 1.165) is 11.8 Å². The lowest BCUT2D eigenvalue weighted by atomic mass is 10.1. The van der Waals surface area contributed by atoms with E-state index in [9.17, 15) is 4.79 Å². The van der Waals surface area contributed by atoms with Crippen LogP contribution < -0.4 is 0 Å². The Balaban J connectivity index is 2.65. The smallest absolute Gasteiger partial charge is 0.177 e. The van der Waals surface area contributed by atoms with Gasteiger partial charge in [0.1, 0.15) is 0 Å². The zero-order valence-electron chi connectivity index (χ0n) is 6.08. The van der Waals surface area contributed by atoms with Crippen LogP contribution in [0.4, 0.5) is 0 Å². The van der Waals surface area contributed by atoms with Crippen molar-refractivity contribution in [3.63, 3.8) is 0 Å².